The monoisotopic (exact) mass is 293 g/mol. The molecule has 0 atom stereocenters. The fourth-order valence-corrected chi connectivity index (χ4v) is 1.82. The van der Waals surface area contributed by atoms with Crippen molar-refractivity contribution in [1.29, 1.82) is 0 Å². The van der Waals surface area contributed by atoms with Crippen LogP contribution in [0.3, 0.4) is 0 Å². The Hall–Kier alpha value is -1.16. The Morgan fingerprint density at radius 3 is 2.59 bits per heavy atom. The van der Waals surface area contributed by atoms with Crippen molar-refractivity contribution in [2.24, 2.45) is 5.92 Å². The van der Waals surface area contributed by atoms with E-state index in [1.165, 1.54) is 0 Å². The summed E-state index contributed by atoms with van der Waals surface area (Å²) in [6, 6.07) is 8.12. The highest BCUT2D eigenvalue weighted by Gasteiger charge is 2.04. The van der Waals surface area contributed by atoms with Gasteiger partial charge >= 0.3 is 0 Å². The topological polar surface area (TPSA) is 30.7 Å². The van der Waals surface area contributed by atoms with E-state index in [1.807, 2.05) is 35.1 Å². The molecule has 0 fully saturated rings. The molecule has 0 spiro atoms. The normalized spacial score (nSPS) is 11.1. The van der Waals surface area contributed by atoms with Crippen LogP contribution >= 0.6 is 15.9 Å². The quantitative estimate of drug-likeness (QED) is 0.859. The van der Waals surface area contributed by atoms with E-state index < -0.39 is 0 Å². The molecule has 0 saturated heterocycles. The predicted octanol–water partition coefficient (Wildman–Crippen LogP) is 3.75. The summed E-state index contributed by atoms with van der Waals surface area (Å²) in [5, 5.41) is 8.33. The van der Waals surface area contributed by atoms with Crippen molar-refractivity contribution in [3.63, 3.8) is 0 Å². The first-order chi connectivity index (χ1) is 8.15. The Kier molecular flexibility index (Phi) is 3.94. The summed E-state index contributed by atoms with van der Waals surface area (Å²) in [4.78, 5) is 0. The maximum atomic E-state index is 4.19. The van der Waals surface area contributed by atoms with Gasteiger partial charge in [0.1, 0.15) is 5.69 Å². The maximum Gasteiger partial charge on any atom is 0.113 e. The third kappa shape index (κ3) is 3.40. The Balaban J connectivity index is 2.10. The van der Waals surface area contributed by atoms with Crippen molar-refractivity contribution >= 4 is 15.9 Å². The molecular formula is C13H16BrN3. The summed E-state index contributed by atoms with van der Waals surface area (Å²) in [6.45, 7) is 5.36. The summed E-state index contributed by atoms with van der Waals surface area (Å²) in [5.74, 6) is 0.690. The minimum absolute atomic E-state index is 0.690. The van der Waals surface area contributed by atoms with Gasteiger partial charge in [0, 0.05) is 16.6 Å². The number of nitrogens with zero attached hydrogens (tertiary/aromatic N) is 3. The first-order valence-corrected chi connectivity index (χ1v) is 6.60. The van der Waals surface area contributed by atoms with Crippen molar-refractivity contribution in [1.82, 2.24) is 15.0 Å². The van der Waals surface area contributed by atoms with Crippen molar-refractivity contribution in [2.45, 2.75) is 26.8 Å². The molecule has 1 aromatic carbocycles. The molecule has 1 heterocycles. The Morgan fingerprint density at radius 1 is 1.24 bits per heavy atom. The number of hydrogen-bond donors (Lipinski definition) is 0. The van der Waals surface area contributed by atoms with E-state index >= 15 is 0 Å². The molecule has 0 N–H and O–H groups in total. The van der Waals surface area contributed by atoms with Crippen LogP contribution in [-0.4, -0.2) is 15.0 Å². The van der Waals surface area contributed by atoms with Crippen LogP contribution in [0.4, 0.5) is 0 Å². The Bertz CT molecular complexity index is 474. The number of aryl methyl sites for hydroxylation is 1. The summed E-state index contributed by atoms with van der Waals surface area (Å²) < 4.78 is 2.99. The highest BCUT2D eigenvalue weighted by Crippen LogP contribution is 2.19. The molecule has 90 valence electrons. The Labute approximate surface area is 110 Å². The molecule has 0 radical (unpaired) electrons. The van der Waals surface area contributed by atoms with Gasteiger partial charge in [0.2, 0.25) is 0 Å². The van der Waals surface area contributed by atoms with E-state index in [9.17, 15) is 0 Å². The van der Waals surface area contributed by atoms with Gasteiger partial charge in [-0.3, -0.25) is 4.68 Å². The molecule has 0 bridgehead atoms. The van der Waals surface area contributed by atoms with Gasteiger partial charge in [-0.25, -0.2) is 0 Å². The van der Waals surface area contributed by atoms with E-state index in [4.69, 9.17) is 0 Å². The number of benzene rings is 1. The fraction of sp³-hybridized carbons (Fsp3) is 0.385. The number of rotatable bonds is 4. The lowest BCUT2D eigenvalue weighted by molar-refractivity contribution is 0.478. The predicted molar refractivity (Wildman–Crippen MR) is 72.6 cm³/mol. The van der Waals surface area contributed by atoms with Crippen LogP contribution in [0.1, 0.15) is 20.3 Å². The summed E-state index contributed by atoms with van der Waals surface area (Å²) in [5.41, 5.74) is 2.03. The largest absolute Gasteiger partial charge is 0.252 e. The molecule has 1 aromatic heterocycles. The lowest BCUT2D eigenvalue weighted by Crippen LogP contribution is -2.01. The van der Waals surface area contributed by atoms with Crippen LogP contribution in [0.2, 0.25) is 0 Å². The van der Waals surface area contributed by atoms with E-state index in [1.54, 1.807) is 0 Å². The molecule has 0 aliphatic heterocycles. The summed E-state index contributed by atoms with van der Waals surface area (Å²) >= 11 is 3.42. The van der Waals surface area contributed by atoms with E-state index in [-0.39, 0.29) is 0 Å². The van der Waals surface area contributed by atoms with E-state index in [0.717, 1.165) is 28.7 Å². The molecule has 17 heavy (non-hydrogen) atoms. The molecular weight excluding hydrogens is 278 g/mol. The minimum Gasteiger partial charge on any atom is -0.252 e. The maximum absolute atomic E-state index is 4.19. The molecule has 0 aliphatic carbocycles. The standard InChI is InChI=1S/C13H16BrN3/c1-10(2)7-8-17-9-13(15-16-17)11-3-5-12(14)6-4-11/h3-6,9-10H,7-8H2,1-2H3. The second kappa shape index (κ2) is 5.45. The lowest BCUT2D eigenvalue weighted by atomic mass is 10.1. The van der Waals surface area contributed by atoms with Crippen molar-refractivity contribution in [3.05, 3.63) is 34.9 Å². The zero-order valence-corrected chi connectivity index (χ0v) is 11.7. The van der Waals surface area contributed by atoms with Crippen LogP contribution in [0.5, 0.6) is 0 Å². The van der Waals surface area contributed by atoms with Crippen LogP contribution in [0, 0.1) is 5.92 Å². The number of aromatic nitrogens is 3. The highest BCUT2D eigenvalue weighted by molar-refractivity contribution is 9.10. The Morgan fingerprint density at radius 2 is 1.94 bits per heavy atom. The van der Waals surface area contributed by atoms with Crippen molar-refractivity contribution in [2.75, 3.05) is 0 Å². The molecule has 0 saturated carbocycles. The number of hydrogen-bond acceptors (Lipinski definition) is 2. The third-order valence-corrected chi connectivity index (χ3v) is 3.14. The molecule has 3 nitrogen and oxygen atoms in total. The minimum atomic E-state index is 0.690. The SMILES string of the molecule is CC(C)CCn1cc(-c2ccc(Br)cc2)nn1. The summed E-state index contributed by atoms with van der Waals surface area (Å²) in [7, 11) is 0. The van der Waals surface area contributed by atoms with Gasteiger partial charge in [-0.1, -0.05) is 47.1 Å². The van der Waals surface area contributed by atoms with Gasteiger partial charge in [-0.2, -0.15) is 0 Å². The third-order valence-electron chi connectivity index (χ3n) is 2.61. The average Bonchev–Trinajstić information content (AvgIpc) is 2.76. The first kappa shape index (κ1) is 12.3. The molecule has 2 rings (SSSR count). The van der Waals surface area contributed by atoms with Crippen molar-refractivity contribution in [3.8, 4) is 11.3 Å². The second-order valence-corrected chi connectivity index (χ2v) is 5.47. The van der Waals surface area contributed by atoms with Crippen LogP contribution in [-0.2, 0) is 6.54 Å². The van der Waals surface area contributed by atoms with Gasteiger partial charge in [0.05, 0.1) is 6.20 Å². The average molecular weight is 294 g/mol. The van der Waals surface area contributed by atoms with Crippen molar-refractivity contribution < 1.29 is 0 Å². The zero-order chi connectivity index (χ0) is 12.3. The zero-order valence-electron chi connectivity index (χ0n) is 10.1. The van der Waals surface area contributed by atoms with Gasteiger partial charge in [-0.15, -0.1) is 5.10 Å². The molecule has 4 heteroatoms. The molecule has 0 unspecified atom stereocenters. The highest BCUT2D eigenvalue weighted by atomic mass is 79.9. The fourth-order valence-electron chi connectivity index (χ4n) is 1.55. The van der Waals surface area contributed by atoms with E-state index in [2.05, 4.69) is 40.1 Å². The van der Waals surface area contributed by atoms with Crippen LogP contribution < -0.4 is 0 Å². The molecule has 2 aromatic rings. The smallest absolute Gasteiger partial charge is 0.113 e. The van der Waals surface area contributed by atoms with Gasteiger partial charge in [0.15, 0.2) is 0 Å². The van der Waals surface area contributed by atoms with Gasteiger partial charge < -0.3 is 0 Å². The van der Waals surface area contributed by atoms with Gasteiger partial charge in [-0.05, 0) is 24.5 Å². The van der Waals surface area contributed by atoms with E-state index in [0.29, 0.717) is 5.92 Å². The number of halogens is 1. The first-order valence-electron chi connectivity index (χ1n) is 5.81. The van der Waals surface area contributed by atoms with Crippen LogP contribution in [0.15, 0.2) is 34.9 Å². The lowest BCUT2D eigenvalue weighted by Gasteiger charge is -2.02. The van der Waals surface area contributed by atoms with Crippen LogP contribution in [0.25, 0.3) is 11.3 Å². The molecule has 0 amide bonds. The summed E-state index contributed by atoms with van der Waals surface area (Å²) in [6.07, 6.45) is 3.13. The molecule has 0 aliphatic rings. The van der Waals surface area contributed by atoms with Gasteiger partial charge in [0.25, 0.3) is 0 Å². The second-order valence-electron chi connectivity index (χ2n) is 4.56.